The van der Waals surface area contributed by atoms with Crippen LogP contribution >= 0.6 is 0 Å². The lowest BCUT2D eigenvalue weighted by atomic mass is 9.62. The number of carboxylic acids is 1. The predicted octanol–water partition coefficient (Wildman–Crippen LogP) is 5.41. The largest absolute Gasteiger partial charge is 0.478 e. The van der Waals surface area contributed by atoms with Crippen LogP contribution in [0.3, 0.4) is 0 Å². The van der Waals surface area contributed by atoms with E-state index in [4.69, 9.17) is 5.11 Å². The molecule has 0 spiro atoms. The first-order valence-electron chi connectivity index (χ1n) is 9.96. The summed E-state index contributed by atoms with van der Waals surface area (Å²) in [5, 5.41) is 12.6. The molecule has 4 heteroatoms. The van der Waals surface area contributed by atoms with E-state index in [9.17, 15) is 4.79 Å². The van der Waals surface area contributed by atoms with Gasteiger partial charge in [0.2, 0.25) is 0 Å². The van der Waals surface area contributed by atoms with Crippen molar-refractivity contribution in [2.75, 3.05) is 24.3 Å². The monoisotopic (exact) mass is 380 g/mol. The van der Waals surface area contributed by atoms with E-state index in [1.807, 2.05) is 26.2 Å². The molecule has 2 N–H and O–H groups in total. The molecule has 3 rings (SSSR count). The van der Waals surface area contributed by atoms with Crippen LogP contribution in [0.4, 0.5) is 11.4 Å². The molecule has 0 unspecified atom stereocenters. The van der Waals surface area contributed by atoms with Crippen molar-refractivity contribution in [3.05, 3.63) is 58.7 Å². The van der Waals surface area contributed by atoms with E-state index < -0.39 is 5.97 Å². The molecule has 28 heavy (non-hydrogen) atoms. The van der Waals surface area contributed by atoms with Crippen LogP contribution in [0.1, 0.15) is 67.6 Å². The highest BCUT2D eigenvalue weighted by atomic mass is 16.4. The van der Waals surface area contributed by atoms with Crippen molar-refractivity contribution in [2.24, 2.45) is 0 Å². The SMILES string of the molecule is CNc1c(CN(C)c2ccc(C(=O)O)cc2)ccc2c1C(C)(C)CCC2(C)C. The molecule has 0 aliphatic heterocycles. The molecule has 150 valence electrons. The van der Waals surface area contributed by atoms with Crippen molar-refractivity contribution in [1.82, 2.24) is 0 Å². The van der Waals surface area contributed by atoms with Crippen molar-refractivity contribution in [3.8, 4) is 0 Å². The average molecular weight is 381 g/mol. The number of aromatic carboxylic acids is 1. The number of hydrogen-bond donors (Lipinski definition) is 2. The molecule has 0 heterocycles. The van der Waals surface area contributed by atoms with Crippen molar-refractivity contribution < 1.29 is 9.90 Å². The number of carboxylic acid groups (broad SMARTS) is 1. The Morgan fingerprint density at radius 1 is 1.04 bits per heavy atom. The Balaban J connectivity index is 1.98. The molecule has 4 nitrogen and oxygen atoms in total. The number of rotatable bonds is 5. The third kappa shape index (κ3) is 3.60. The minimum Gasteiger partial charge on any atom is -0.478 e. The highest BCUT2D eigenvalue weighted by molar-refractivity contribution is 5.88. The second-order valence-corrected chi connectivity index (χ2v) is 9.25. The van der Waals surface area contributed by atoms with E-state index in [0.717, 1.165) is 12.2 Å². The molecule has 0 saturated heterocycles. The highest BCUT2D eigenvalue weighted by Gasteiger charge is 2.39. The van der Waals surface area contributed by atoms with Gasteiger partial charge in [-0.25, -0.2) is 4.79 Å². The summed E-state index contributed by atoms with van der Waals surface area (Å²) < 4.78 is 0. The fraction of sp³-hybridized carbons (Fsp3) is 0.458. The molecule has 0 aromatic heterocycles. The van der Waals surface area contributed by atoms with Crippen LogP contribution in [0.15, 0.2) is 36.4 Å². The quantitative estimate of drug-likeness (QED) is 0.728. The molecule has 0 atom stereocenters. The van der Waals surface area contributed by atoms with E-state index in [0.29, 0.717) is 5.56 Å². The van der Waals surface area contributed by atoms with Gasteiger partial charge in [-0.3, -0.25) is 0 Å². The van der Waals surface area contributed by atoms with Gasteiger partial charge in [0.15, 0.2) is 0 Å². The first-order chi connectivity index (χ1) is 13.1. The van der Waals surface area contributed by atoms with E-state index >= 15 is 0 Å². The lowest BCUT2D eigenvalue weighted by Crippen LogP contribution is -2.35. The van der Waals surface area contributed by atoms with Gasteiger partial charge in [0.05, 0.1) is 5.56 Å². The summed E-state index contributed by atoms with van der Waals surface area (Å²) in [6.45, 7) is 10.1. The zero-order valence-electron chi connectivity index (χ0n) is 17.9. The van der Waals surface area contributed by atoms with Crippen LogP contribution in [0.25, 0.3) is 0 Å². The van der Waals surface area contributed by atoms with Gasteiger partial charge in [-0.05, 0) is 64.6 Å². The third-order valence-electron chi connectivity index (χ3n) is 6.29. The second kappa shape index (κ2) is 7.16. The number of benzene rings is 2. The number of fused-ring (bicyclic) bond motifs is 1. The van der Waals surface area contributed by atoms with E-state index in [-0.39, 0.29) is 10.8 Å². The van der Waals surface area contributed by atoms with Crippen molar-refractivity contribution in [2.45, 2.75) is 57.9 Å². The summed E-state index contributed by atoms with van der Waals surface area (Å²) in [6.07, 6.45) is 2.38. The lowest BCUT2D eigenvalue weighted by Gasteiger charge is -2.43. The second-order valence-electron chi connectivity index (χ2n) is 9.25. The van der Waals surface area contributed by atoms with Crippen LogP contribution in [-0.2, 0) is 17.4 Å². The van der Waals surface area contributed by atoms with Gasteiger partial charge in [0, 0.05) is 32.0 Å². The third-order valence-corrected chi connectivity index (χ3v) is 6.29. The lowest BCUT2D eigenvalue weighted by molar-refractivity contribution is 0.0697. The van der Waals surface area contributed by atoms with Crippen molar-refractivity contribution in [1.29, 1.82) is 0 Å². The number of nitrogens with one attached hydrogen (secondary N) is 1. The fourth-order valence-corrected chi connectivity index (χ4v) is 4.42. The smallest absolute Gasteiger partial charge is 0.335 e. The molecule has 1 aliphatic rings. The first-order valence-corrected chi connectivity index (χ1v) is 9.96. The molecular weight excluding hydrogens is 348 g/mol. The first kappa shape index (κ1) is 20.2. The Labute approximate surface area is 168 Å². The number of carbonyl (C=O) groups is 1. The van der Waals surface area contributed by atoms with Gasteiger partial charge in [0.1, 0.15) is 0 Å². The Morgan fingerprint density at radius 3 is 2.21 bits per heavy atom. The fourth-order valence-electron chi connectivity index (χ4n) is 4.42. The highest BCUT2D eigenvalue weighted by Crippen LogP contribution is 2.49. The number of nitrogens with zero attached hydrogens (tertiary/aromatic N) is 1. The summed E-state index contributed by atoms with van der Waals surface area (Å²) in [7, 11) is 4.06. The number of hydrogen-bond acceptors (Lipinski definition) is 3. The molecule has 0 radical (unpaired) electrons. The molecule has 0 amide bonds. The summed E-state index contributed by atoms with van der Waals surface area (Å²) >= 11 is 0. The molecule has 0 saturated carbocycles. The Hall–Kier alpha value is -2.49. The van der Waals surface area contributed by atoms with Crippen LogP contribution in [0.5, 0.6) is 0 Å². The summed E-state index contributed by atoms with van der Waals surface area (Å²) in [5.74, 6) is -0.897. The molecule has 2 aromatic rings. The van der Waals surface area contributed by atoms with Gasteiger partial charge in [-0.1, -0.05) is 39.8 Å². The topological polar surface area (TPSA) is 52.6 Å². The molecule has 1 aliphatic carbocycles. The molecule has 0 bridgehead atoms. The molecular formula is C24H32N2O2. The van der Waals surface area contributed by atoms with Gasteiger partial charge in [-0.2, -0.15) is 0 Å². The van der Waals surface area contributed by atoms with E-state index in [2.05, 4.69) is 50.0 Å². The Kier molecular flexibility index (Phi) is 5.18. The predicted molar refractivity (Wildman–Crippen MR) is 117 cm³/mol. The Morgan fingerprint density at radius 2 is 1.64 bits per heavy atom. The summed E-state index contributed by atoms with van der Waals surface area (Å²) in [6, 6.07) is 11.6. The van der Waals surface area contributed by atoms with E-state index in [1.165, 1.54) is 35.2 Å². The summed E-state index contributed by atoms with van der Waals surface area (Å²) in [4.78, 5) is 13.2. The normalized spacial score (nSPS) is 16.9. The molecule has 2 aromatic carbocycles. The van der Waals surface area contributed by atoms with Crippen LogP contribution < -0.4 is 10.2 Å². The average Bonchev–Trinajstić information content (AvgIpc) is 2.65. The maximum atomic E-state index is 11.1. The maximum absolute atomic E-state index is 11.1. The van der Waals surface area contributed by atoms with Gasteiger partial charge in [-0.15, -0.1) is 0 Å². The van der Waals surface area contributed by atoms with Crippen molar-refractivity contribution in [3.63, 3.8) is 0 Å². The van der Waals surface area contributed by atoms with Crippen LogP contribution in [0, 0.1) is 0 Å². The standard InChI is InChI=1S/C24H32N2O2/c1-23(2)13-14-24(3,4)20-19(23)12-9-17(21(20)25-5)15-26(6)18-10-7-16(8-11-18)22(27)28/h7-12,25H,13-15H2,1-6H3,(H,27,28). The van der Waals surface area contributed by atoms with Crippen molar-refractivity contribution >= 4 is 17.3 Å². The zero-order chi connectivity index (χ0) is 20.7. The maximum Gasteiger partial charge on any atom is 0.335 e. The number of anilines is 2. The van der Waals surface area contributed by atoms with Crippen LogP contribution in [-0.4, -0.2) is 25.2 Å². The van der Waals surface area contributed by atoms with Gasteiger partial charge < -0.3 is 15.3 Å². The Bertz CT molecular complexity index is 882. The van der Waals surface area contributed by atoms with Gasteiger partial charge in [0.25, 0.3) is 0 Å². The minimum atomic E-state index is -0.897. The zero-order valence-corrected chi connectivity index (χ0v) is 17.9. The van der Waals surface area contributed by atoms with Gasteiger partial charge >= 0.3 is 5.97 Å². The molecule has 0 fully saturated rings. The van der Waals surface area contributed by atoms with E-state index in [1.54, 1.807) is 12.1 Å². The minimum absolute atomic E-state index is 0.140. The summed E-state index contributed by atoms with van der Waals surface area (Å²) in [5.41, 5.74) is 7.04. The van der Waals surface area contributed by atoms with Crippen LogP contribution in [0.2, 0.25) is 0 Å².